The Balaban J connectivity index is 1.48. The number of para-hydroxylation sites is 1. The molecule has 0 amide bonds. The number of fused-ring (bicyclic) bond motifs is 3. The first kappa shape index (κ1) is 39.8. The third-order valence-corrected chi connectivity index (χ3v) is 11.2. The van der Waals surface area contributed by atoms with Crippen LogP contribution in [0.4, 0.5) is 5.69 Å². The van der Waals surface area contributed by atoms with E-state index >= 15 is 0 Å². The summed E-state index contributed by atoms with van der Waals surface area (Å²) >= 11 is 0. The fraction of sp³-hybridized carbons (Fsp3) is 0.231. The van der Waals surface area contributed by atoms with Crippen molar-refractivity contribution < 1.29 is 18.9 Å². The molecule has 0 fully saturated rings. The largest absolute Gasteiger partial charge is 0.497 e. The van der Waals surface area contributed by atoms with Crippen LogP contribution in [0.1, 0.15) is 61.8 Å². The highest BCUT2D eigenvalue weighted by Gasteiger charge is 2.18. The Morgan fingerprint density at radius 3 is 1.38 bits per heavy atom. The van der Waals surface area contributed by atoms with Crippen LogP contribution in [0, 0.1) is 5.92 Å². The second kappa shape index (κ2) is 18.7. The van der Waals surface area contributed by atoms with Crippen LogP contribution < -0.4 is 23.8 Å². The highest BCUT2D eigenvalue weighted by Crippen LogP contribution is 2.37. The summed E-state index contributed by atoms with van der Waals surface area (Å²) in [4.78, 5) is 2.27. The summed E-state index contributed by atoms with van der Waals surface area (Å²) in [7, 11) is 6.79. The van der Waals surface area contributed by atoms with Crippen molar-refractivity contribution >= 4 is 38.6 Å². The highest BCUT2D eigenvalue weighted by molar-refractivity contribution is 6.09. The average Bonchev–Trinajstić information content (AvgIpc) is 3.60. The molecule has 0 aliphatic heterocycles. The number of methoxy groups -OCH3 is 4. The predicted octanol–water partition coefficient (Wildman–Crippen LogP) is 13.0. The van der Waals surface area contributed by atoms with Crippen LogP contribution in [0.5, 0.6) is 23.0 Å². The molecule has 1 unspecified atom stereocenters. The molecule has 0 spiro atoms. The van der Waals surface area contributed by atoms with Gasteiger partial charge in [-0.2, -0.15) is 0 Å². The number of anilines is 1. The number of hydrogen-bond acceptors (Lipinski definition) is 5. The van der Waals surface area contributed by atoms with Crippen LogP contribution in [0.15, 0.2) is 152 Å². The summed E-state index contributed by atoms with van der Waals surface area (Å²) in [6.07, 6.45) is 9.36. The fourth-order valence-corrected chi connectivity index (χ4v) is 7.75. The van der Waals surface area contributed by atoms with Gasteiger partial charge in [0.05, 0.1) is 28.4 Å². The standard InChI is InChI=1S/C52H54N2O4/c1-7-9-12-37(8-2)34-54-51-14-11-10-13-47(51)48-33-42(23-32-52(48)54)53(35-49(38-15-24-43(55-3)25-16-38)39-17-26-44(56-4)27-18-39)36-50(40-19-28-45(57-5)29-20-40)41-21-30-46(58-6)31-22-41/h10-11,13-33,35-37H,7-9,12,34H2,1-6H3. The number of aromatic nitrogens is 1. The van der Waals surface area contributed by atoms with Gasteiger partial charge in [-0.3, -0.25) is 0 Å². The maximum atomic E-state index is 5.57. The molecule has 0 aliphatic rings. The van der Waals surface area contributed by atoms with Crippen LogP contribution in [-0.4, -0.2) is 33.0 Å². The fourth-order valence-electron chi connectivity index (χ4n) is 7.75. The average molecular weight is 771 g/mol. The Hall–Kier alpha value is -6.40. The quantitative estimate of drug-likeness (QED) is 0.0923. The van der Waals surface area contributed by atoms with Crippen LogP contribution in [0.25, 0.3) is 33.0 Å². The van der Waals surface area contributed by atoms with Crippen LogP contribution in [-0.2, 0) is 6.54 Å². The summed E-state index contributed by atoms with van der Waals surface area (Å²) in [5.41, 5.74) is 9.84. The summed E-state index contributed by atoms with van der Waals surface area (Å²) in [5.74, 6) is 3.83. The number of unbranched alkanes of at least 4 members (excludes halogenated alkanes) is 1. The van der Waals surface area contributed by atoms with E-state index < -0.39 is 0 Å². The van der Waals surface area contributed by atoms with Gasteiger partial charge >= 0.3 is 0 Å². The molecule has 7 aromatic rings. The van der Waals surface area contributed by atoms with E-state index in [1.54, 1.807) is 28.4 Å². The van der Waals surface area contributed by atoms with Gasteiger partial charge in [0.2, 0.25) is 0 Å². The van der Waals surface area contributed by atoms with Gasteiger partial charge in [0.1, 0.15) is 23.0 Å². The summed E-state index contributed by atoms with van der Waals surface area (Å²) in [5, 5.41) is 2.49. The van der Waals surface area contributed by atoms with Gasteiger partial charge in [0.15, 0.2) is 0 Å². The molecular weight excluding hydrogens is 717 g/mol. The zero-order valence-electron chi connectivity index (χ0n) is 34.6. The van der Waals surface area contributed by atoms with E-state index in [0.717, 1.165) is 75.1 Å². The Morgan fingerprint density at radius 1 is 0.534 bits per heavy atom. The normalized spacial score (nSPS) is 11.6. The molecule has 58 heavy (non-hydrogen) atoms. The van der Waals surface area contributed by atoms with Crippen molar-refractivity contribution in [3.63, 3.8) is 0 Å². The van der Waals surface area contributed by atoms with Crippen molar-refractivity contribution in [2.24, 2.45) is 5.92 Å². The Bertz CT molecular complexity index is 2270. The molecule has 0 aliphatic carbocycles. The Labute approximate surface area is 343 Å². The molecule has 6 nitrogen and oxygen atoms in total. The van der Waals surface area contributed by atoms with E-state index in [1.165, 1.54) is 41.1 Å². The third kappa shape index (κ3) is 8.77. The first-order chi connectivity index (χ1) is 28.5. The molecule has 1 heterocycles. The van der Waals surface area contributed by atoms with Crippen LogP contribution in [0.3, 0.4) is 0 Å². The molecular formula is C52H54N2O4. The van der Waals surface area contributed by atoms with E-state index in [0.29, 0.717) is 5.92 Å². The maximum absolute atomic E-state index is 5.57. The van der Waals surface area contributed by atoms with E-state index in [9.17, 15) is 0 Å². The van der Waals surface area contributed by atoms with E-state index in [1.807, 2.05) is 48.5 Å². The molecule has 7 rings (SSSR count). The lowest BCUT2D eigenvalue weighted by Gasteiger charge is -2.23. The monoisotopic (exact) mass is 770 g/mol. The lowest BCUT2D eigenvalue weighted by molar-refractivity contribution is 0.401. The molecule has 1 atom stereocenters. The zero-order valence-corrected chi connectivity index (χ0v) is 34.6. The second-order valence-electron chi connectivity index (χ2n) is 14.7. The lowest BCUT2D eigenvalue weighted by Crippen LogP contribution is -2.11. The number of hydrogen-bond donors (Lipinski definition) is 0. The number of ether oxygens (including phenoxy) is 4. The van der Waals surface area contributed by atoms with Crippen LogP contribution >= 0.6 is 0 Å². The van der Waals surface area contributed by atoms with Gasteiger partial charge in [-0.05, 0) is 107 Å². The van der Waals surface area contributed by atoms with Gasteiger partial charge in [-0.1, -0.05) is 99.8 Å². The topological polar surface area (TPSA) is 45.1 Å². The molecule has 1 aromatic heterocycles. The van der Waals surface area contributed by atoms with E-state index in [2.05, 4.69) is 127 Å². The SMILES string of the molecule is CCCCC(CC)Cn1c2ccccc2c2cc(N(C=C(c3ccc(OC)cc3)c3ccc(OC)cc3)C=C(c3ccc(OC)cc3)c3ccc(OC)cc3)ccc21. The van der Waals surface area contributed by atoms with E-state index in [-0.39, 0.29) is 0 Å². The molecule has 0 N–H and O–H groups in total. The van der Waals surface area contributed by atoms with Gasteiger partial charge in [-0.15, -0.1) is 0 Å². The minimum Gasteiger partial charge on any atom is -0.497 e. The lowest BCUT2D eigenvalue weighted by atomic mass is 9.97. The third-order valence-electron chi connectivity index (χ3n) is 11.2. The Morgan fingerprint density at radius 2 is 0.966 bits per heavy atom. The molecule has 0 radical (unpaired) electrons. The molecule has 0 saturated heterocycles. The van der Waals surface area contributed by atoms with Gasteiger partial charge in [-0.25, -0.2) is 0 Å². The first-order valence-corrected chi connectivity index (χ1v) is 20.3. The maximum Gasteiger partial charge on any atom is 0.118 e. The second-order valence-corrected chi connectivity index (χ2v) is 14.7. The highest BCUT2D eigenvalue weighted by atomic mass is 16.5. The van der Waals surface area contributed by atoms with Crippen molar-refractivity contribution in [3.05, 3.63) is 174 Å². The smallest absolute Gasteiger partial charge is 0.118 e. The van der Waals surface area contributed by atoms with Crippen molar-refractivity contribution in [1.82, 2.24) is 4.57 Å². The van der Waals surface area contributed by atoms with Gasteiger partial charge in [0, 0.05) is 57.6 Å². The van der Waals surface area contributed by atoms with Crippen molar-refractivity contribution in [2.45, 2.75) is 46.1 Å². The van der Waals surface area contributed by atoms with Gasteiger partial charge in [0.25, 0.3) is 0 Å². The minimum absolute atomic E-state index is 0.620. The van der Waals surface area contributed by atoms with Crippen molar-refractivity contribution in [2.75, 3.05) is 33.3 Å². The summed E-state index contributed by atoms with van der Waals surface area (Å²) < 4.78 is 24.8. The number of nitrogens with zero attached hydrogens (tertiary/aromatic N) is 2. The molecule has 0 bridgehead atoms. The van der Waals surface area contributed by atoms with Crippen molar-refractivity contribution in [3.8, 4) is 23.0 Å². The number of benzene rings is 6. The van der Waals surface area contributed by atoms with Crippen molar-refractivity contribution in [1.29, 1.82) is 0 Å². The van der Waals surface area contributed by atoms with Gasteiger partial charge < -0.3 is 28.4 Å². The molecule has 0 saturated carbocycles. The number of rotatable bonds is 17. The first-order valence-electron chi connectivity index (χ1n) is 20.3. The molecule has 296 valence electrons. The molecule has 6 aromatic carbocycles. The predicted molar refractivity (Wildman–Crippen MR) is 241 cm³/mol. The van der Waals surface area contributed by atoms with Crippen LogP contribution in [0.2, 0.25) is 0 Å². The van der Waals surface area contributed by atoms with E-state index in [4.69, 9.17) is 18.9 Å². The Kier molecular flexibility index (Phi) is 12.8. The minimum atomic E-state index is 0.620. The summed E-state index contributed by atoms with van der Waals surface area (Å²) in [6, 6.07) is 48.8. The molecule has 6 heteroatoms. The summed E-state index contributed by atoms with van der Waals surface area (Å²) in [6.45, 7) is 5.61. The zero-order chi connectivity index (χ0) is 40.4.